The van der Waals surface area contributed by atoms with Gasteiger partial charge in [-0.15, -0.1) is 0 Å². The number of amides is 2. The van der Waals surface area contributed by atoms with Crippen LogP contribution >= 0.6 is 0 Å². The fraction of sp³-hybridized carbons (Fsp3) is 0.467. The van der Waals surface area contributed by atoms with Crippen molar-refractivity contribution in [3.05, 3.63) is 29.8 Å². The predicted molar refractivity (Wildman–Crippen MR) is 73.2 cm³/mol. The molecule has 0 spiro atoms. The van der Waals surface area contributed by atoms with E-state index in [4.69, 9.17) is 4.74 Å². The van der Waals surface area contributed by atoms with Gasteiger partial charge in [0.15, 0.2) is 0 Å². The lowest BCUT2D eigenvalue weighted by atomic mass is 10.0. The predicted octanol–water partition coefficient (Wildman–Crippen LogP) is 1.08. The summed E-state index contributed by atoms with van der Waals surface area (Å²) in [6.07, 6.45) is 2.81. The fourth-order valence-electron chi connectivity index (χ4n) is 2.76. The molecule has 1 aromatic carbocycles. The molecule has 1 heterocycles. The van der Waals surface area contributed by atoms with E-state index in [-0.39, 0.29) is 17.4 Å². The van der Waals surface area contributed by atoms with Gasteiger partial charge in [-0.2, -0.15) is 0 Å². The number of carbonyl (C=O) groups excluding carboxylic acids is 2. The number of nitrogens with one attached hydrogen (secondary N) is 2. The summed E-state index contributed by atoms with van der Waals surface area (Å²) in [5.41, 5.74) is 0.692. The van der Waals surface area contributed by atoms with E-state index in [1.807, 2.05) is 24.3 Å². The Bertz CT molecular complexity index is 552. The van der Waals surface area contributed by atoms with Gasteiger partial charge in [0, 0.05) is 12.0 Å². The first kappa shape index (κ1) is 13.0. The molecule has 2 aliphatic rings. The van der Waals surface area contributed by atoms with Crippen LogP contribution < -0.4 is 15.4 Å². The molecule has 20 heavy (non-hydrogen) atoms. The minimum atomic E-state index is -0.394. The van der Waals surface area contributed by atoms with Crippen molar-refractivity contribution in [3.63, 3.8) is 0 Å². The third-order valence-electron chi connectivity index (χ3n) is 4.05. The number of ether oxygens (including phenoxy) is 1. The van der Waals surface area contributed by atoms with E-state index in [9.17, 15) is 9.59 Å². The summed E-state index contributed by atoms with van der Waals surface area (Å²) in [5, 5.41) is 5.79. The second kappa shape index (κ2) is 4.81. The second-order valence-corrected chi connectivity index (χ2v) is 5.43. The third kappa shape index (κ3) is 2.24. The fourth-order valence-corrected chi connectivity index (χ4v) is 2.76. The maximum Gasteiger partial charge on any atom is 0.243 e. The Hall–Kier alpha value is -2.04. The van der Waals surface area contributed by atoms with Crippen LogP contribution in [0, 0.1) is 0 Å². The Morgan fingerprint density at radius 3 is 2.75 bits per heavy atom. The number of hydrogen-bond donors (Lipinski definition) is 2. The Labute approximate surface area is 117 Å². The highest BCUT2D eigenvalue weighted by Gasteiger charge is 2.48. The van der Waals surface area contributed by atoms with Gasteiger partial charge >= 0.3 is 0 Å². The van der Waals surface area contributed by atoms with Crippen molar-refractivity contribution in [2.45, 2.75) is 37.3 Å². The molecular formula is C15H18N2O3. The van der Waals surface area contributed by atoms with E-state index in [0.717, 1.165) is 24.2 Å². The van der Waals surface area contributed by atoms with Crippen LogP contribution in [0.4, 0.5) is 0 Å². The minimum Gasteiger partial charge on any atom is -0.496 e. The van der Waals surface area contributed by atoms with Crippen LogP contribution in [0.15, 0.2) is 24.3 Å². The summed E-state index contributed by atoms with van der Waals surface area (Å²) in [4.78, 5) is 23.5. The van der Waals surface area contributed by atoms with Crippen LogP contribution in [0.2, 0.25) is 0 Å². The largest absolute Gasteiger partial charge is 0.496 e. The Morgan fingerprint density at radius 2 is 2.15 bits per heavy atom. The average molecular weight is 274 g/mol. The van der Waals surface area contributed by atoms with Crippen molar-refractivity contribution in [1.82, 2.24) is 10.6 Å². The van der Waals surface area contributed by atoms with Crippen LogP contribution in [0.1, 0.15) is 31.2 Å². The van der Waals surface area contributed by atoms with Crippen LogP contribution in [-0.2, 0) is 15.1 Å². The molecule has 3 rings (SSSR count). The quantitative estimate of drug-likeness (QED) is 0.863. The van der Waals surface area contributed by atoms with E-state index in [1.54, 1.807) is 7.11 Å². The van der Waals surface area contributed by atoms with E-state index < -0.39 is 6.04 Å². The van der Waals surface area contributed by atoms with E-state index in [2.05, 4.69) is 10.6 Å². The van der Waals surface area contributed by atoms with E-state index >= 15 is 0 Å². The number of rotatable bonds is 4. The highest BCUT2D eigenvalue weighted by Crippen LogP contribution is 2.48. The summed E-state index contributed by atoms with van der Waals surface area (Å²) in [6.45, 7) is 0. The highest BCUT2D eigenvalue weighted by atomic mass is 16.5. The van der Waals surface area contributed by atoms with Gasteiger partial charge in [-0.3, -0.25) is 9.59 Å². The molecule has 1 saturated heterocycles. The molecule has 1 unspecified atom stereocenters. The van der Waals surface area contributed by atoms with Crippen LogP contribution in [-0.4, -0.2) is 25.0 Å². The zero-order valence-corrected chi connectivity index (χ0v) is 11.4. The lowest BCUT2D eigenvalue weighted by Crippen LogP contribution is -2.46. The molecular weight excluding hydrogens is 256 g/mol. The molecule has 106 valence electrons. The van der Waals surface area contributed by atoms with Gasteiger partial charge in [0.25, 0.3) is 0 Å². The summed E-state index contributed by atoms with van der Waals surface area (Å²) in [5.74, 6) is 0.646. The molecule has 1 aliphatic heterocycles. The first-order valence-corrected chi connectivity index (χ1v) is 6.89. The molecule has 2 fully saturated rings. The van der Waals surface area contributed by atoms with Gasteiger partial charge in [0.05, 0.1) is 12.6 Å². The summed E-state index contributed by atoms with van der Waals surface area (Å²) in [6, 6.07) is 7.35. The highest BCUT2D eigenvalue weighted by molar-refractivity contribution is 5.91. The number of benzene rings is 1. The summed E-state index contributed by atoms with van der Waals surface area (Å²) < 4.78 is 5.37. The molecule has 2 N–H and O–H groups in total. The van der Waals surface area contributed by atoms with Crippen molar-refractivity contribution in [3.8, 4) is 5.75 Å². The van der Waals surface area contributed by atoms with Crippen molar-refractivity contribution in [1.29, 1.82) is 0 Å². The van der Waals surface area contributed by atoms with Gasteiger partial charge in [-0.05, 0) is 25.3 Å². The molecule has 2 amide bonds. The Kier molecular flexibility index (Phi) is 3.12. The molecule has 0 aromatic heterocycles. The SMILES string of the molecule is COc1ccccc1C1(NC(=O)C2CCC(=O)N2)CC1. The Morgan fingerprint density at radius 1 is 1.40 bits per heavy atom. The third-order valence-corrected chi connectivity index (χ3v) is 4.05. The molecule has 5 heteroatoms. The van der Waals surface area contributed by atoms with Crippen LogP contribution in [0.3, 0.4) is 0 Å². The first-order valence-electron chi connectivity index (χ1n) is 6.89. The molecule has 1 saturated carbocycles. The van der Waals surface area contributed by atoms with Crippen molar-refractivity contribution in [2.24, 2.45) is 0 Å². The van der Waals surface area contributed by atoms with Crippen LogP contribution in [0.5, 0.6) is 5.75 Å². The normalized spacial score (nSPS) is 23.1. The zero-order chi connectivity index (χ0) is 14.2. The maximum atomic E-state index is 12.3. The lowest BCUT2D eigenvalue weighted by molar-refractivity contribution is -0.126. The van der Waals surface area contributed by atoms with Gasteiger partial charge in [-0.25, -0.2) is 0 Å². The topological polar surface area (TPSA) is 67.4 Å². The molecule has 1 atom stereocenters. The van der Waals surface area contributed by atoms with Crippen LogP contribution in [0.25, 0.3) is 0 Å². The van der Waals surface area contributed by atoms with Gasteiger partial charge in [0.2, 0.25) is 11.8 Å². The first-order chi connectivity index (χ1) is 9.64. The molecule has 0 bridgehead atoms. The van der Waals surface area contributed by atoms with Crippen molar-refractivity contribution < 1.29 is 14.3 Å². The minimum absolute atomic E-state index is 0.0488. The number of para-hydroxylation sites is 1. The van der Waals surface area contributed by atoms with E-state index in [1.165, 1.54) is 0 Å². The summed E-state index contributed by atoms with van der Waals surface area (Å²) in [7, 11) is 1.63. The molecule has 1 aromatic rings. The number of carbonyl (C=O) groups is 2. The Balaban J connectivity index is 1.76. The van der Waals surface area contributed by atoms with Gasteiger partial charge < -0.3 is 15.4 Å². The van der Waals surface area contributed by atoms with Crippen molar-refractivity contribution >= 4 is 11.8 Å². The molecule has 0 radical (unpaired) electrons. The maximum absolute atomic E-state index is 12.3. The van der Waals surface area contributed by atoms with Gasteiger partial charge in [-0.1, -0.05) is 18.2 Å². The zero-order valence-electron chi connectivity index (χ0n) is 11.4. The number of methoxy groups -OCH3 is 1. The average Bonchev–Trinajstić information content (AvgIpc) is 3.11. The lowest BCUT2D eigenvalue weighted by Gasteiger charge is -2.22. The van der Waals surface area contributed by atoms with E-state index in [0.29, 0.717) is 12.8 Å². The standard InChI is InChI=1S/C15H18N2O3/c1-20-12-5-3-2-4-10(12)15(8-9-15)17-14(19)11-6-7-13(18)16-11/h2-5,11H,6-9H2,1H3,(H,16,18)(H,17,19). The van der Waals surface area contributed by atoms with Crippen molar-refractivity contribution in [2.75, 3.05) is 7.11 Å². The molecule has 1 aliphatic carbocycles. The smallest absolute Gasteiger partial charge is 0.243 e. The molecule has 5 nitrogen and oxygen atoms in total. The monoisotopic (exact) mass is 274 g/mol. The second-order valence-electron chi connectivity index (χ2n) is 5.43. The summed E-state index contributed by atoms with van der Waals surface area (Å²) >= 11 is 0. The van der Waals surface area contributed by atoms with Gasteiger partial charge in [0.1, 0.15) is 11.8 Å². The number of hydrogen-bond acceptors (Lipinski definition) is 3.